The molecular weight excluding hydrogens is 158 g/mol. The fraction of sp³-hybridized carbons (Fsp3) is 1.00. The van der Waals surface area contributed by atoms with Gasteiger partial charge >= 0.3 is 0 Å². The highest BCUT2D eigenvalue weighted by Crippen LogP contribution is 2.22. The second-order valence-corrected chi connectivity index (χ2v) is 5.94. The molecule has 0 unspecified atom stereocenters. The van der Waals surface area contributed by atoms with Gasteiger partial charge in [0.05, 0.1) is 0 Å². The molecule has 1 rings (SSSR count). The number of hydrogen-bond acceptors (Lipinski definition) is 2. The fourth-order valence-electron chi connectivity index (χ4n) is 1.54. The van der Waals surface area contributed by atoms with Crippen molar-refractivity contribution in [2.75, 3.05) is 18.6 Å². The molecule has 0 aliphatic carbocycles. The zero-order chi connectivity index (χ0) is 8.32. The average Bonchev–Trinajstić information content (AvgIpc) is 2.06. The lowest BCUT2D eigenvalue weighted by atomic mass is 10.0. The van der Waals surface area contributed by atoms with Crippen LogP contribution in [-0.4, -0.2) is 22.8 Å². The minimum atomic E-state index is -1.75. The summed E-state index contributed by atoms with van der Waals surface area (Å²) >= 11 is 0. The summed E-state index contributed by atoms with van der Waals surface area (Å²) < 4.78 is 15.6. The molecule has 3 heteroatoms. The zero-order valence-electron chi connectivity index (χ0n) is 7.38. The largest absolute Gasteiger partial charge is 0.250 e. The van der Waals surface area contributed by atoms with Gasteiger partial charge in [-0.15, -0.1) is 0 Å². The van der Waals surface area contributed by atoms with Crippen LogP contribution in [0.1, 0.15) is 26.2 Å². The van der Waals surface area contributed by atoms with E-state index in [0.29, 0.717) is 0 Å². The number of nitrogens with zero attached hydrogens (tertiary/aromatic N) is 1. The summed E-state index contributed by atoms with van der Waals surface area (Å²) in [5, 5.41) is 0. The van der Waals surface area contributed by atoms with E-state index >= 15 is 0 Å². The van der Waals surface area contributed by atoms with E-state index in [1.807, 2.05) is 0 Å². The molecule has 0 N–H and O–H groups in total. The molecule has 1 fully saturated rings. The first kappa shape index (κ1) is 9.04. The molecule has 2 nitrogen and oxygen atoms in total. The van der Waals surface area contributed by atoms with Gasteiger partial charge in [0, 0.05) is 28.3 Å². The highest BCUT2D eigenvalue weighted by Gasteiger charge is 2.19. The van der Waals surface area contributed by atoms with Crippen LogP contribution in [0.4, 0.5) is 0 Å². The predicted octanol–water partition coefficient (Wildman–Crippen LogP) is 1.90. The first-order chi connectivity index (χ1) is 5.20. The second-order valence-electron chi connectivity index (χ2n) is 3.22. The van der Waals surface area contributed by atoms with Crippen LogP contribution in [0, 0.1) is 5.92 Å². The third kappa shape index (κ3) is 2.19. The van der Waals surface area contributed by atoms with Crippen LogP contribution in [0.25, 0.3) is 0 Å². The molecule has 0 spiro atoms. The van der Waals surface area contributed by atoms with Crippen molar-refractivity contribution in [2.24, 2.45) is 10.3 Å². The summed E-state index contributed by atoms with van der Waals surface area (Å²) in [5.41, 5.74) is 0. The molecular formula is C8H17NOS. The van der Waals surface area contributed by atoms with E-state index in [0.717, 1.165) is 30.3 Å². The van der Waals surface area contributed by atoms with Gasteiger partial charge in [-0.05, 0) is 18.8 Å². The average molecular weight is 175 g/mol. The van der Waals surface area contributed by atoms with Crippen molar-refractivity contribution in [3.63, 3.8) is 0 Å². The van der Waals surface area contributed by atoms with Gasteiger partial charge in [0.25, 0.3) is 0 Å². The molecule has 1 aliphatic heterocycles. The molecule has 66 valence electrons. The smallest absolute Gasteiger partial charge is 0.0465 e. The number of rotatable bonds is 1. The van der Waals surface area contributed by atoms with E-state index in [1.54, 1.807) is 7.05 Å². The third-order valence-corrected chi connectivity index (χ3v) is 5.01. The maximum Gasteiger partial charge on any atom is 0.0465 e. The van der Waals surface area contributed by atoms with Crippen LogP contribution in [0.3, 0.4) is 0 Å². The van der Waals surface area contributed by atoms with Crippen LogP contribution in [-0.2, 0) is 9.73 Å². The monoisotopic (exact) mass is 175 g/mol. The maximum absolute atomic E-state index is 11.7. The van der Waals surface area contributed by atoms with Gasteiger partial charge in [-0.1, -0.05) is 13.3 Å². The van der Waals surface area contributed by atoms with Crippen molar-refractivity contribution < 1.29 is 4.21 Å². The maximum atomic E-state index is 11.7. The Labute approximate surface area is 69.6 Å². The Morgan fingerprint density at radius 3 is 2.36 bits per heavy atom. The van der Waals surface area contributed by atoms with Crippen molar-refractivity contribution in [1.29, 1.82) is 0 Å². The lowest BCUT2D eigenvalue weighted by Gasteiger charge is -2.22. The summed E-state index contributed by atoms with van der Waals surface area (Å²) in [5.74, 6) is 2.48. The molecule has 0 bridgehead atoms. The quantitative estimate of drug-likeness (QED) is 0.598. The van der Waals surface area contributed by atoms with Gasteiger partial charge in [0.15, 0.2) is 0 Å². The Hall–Kier alpha value is -0.0500. The van der Waals surface area contributed by atoms with Gasteiger partial charge in [-0.3, -0.25) is 0 Å². The molecule has 1 saturated heterocycles. The van der Waals surface area contributed by atoms with E-state index in [4.69, 9.17) is 0 Å². The second kappa shape index (κ2) is 3.57. The summed E-state index contributed by atoms with van der Waals surface area (Å²) in [6.07, 6.45) is 3.47. The van der Waals surface area contributed by atoms with Gasteiger partial charge in [0.1, 0.15) is 0 Å². The summed E-state index contributed by atoms with van der Waals surface area (Å²) in [7, 11) is -0.0570. The Morgan fingerprint density at radius 2 is 2.00 bits per heavy atom. The molecule has 0 radical (unpaired) electrons. The highest BCUT2D eigenvalue weighted by molar-refractivity contribution is 7.93. The van der Waals surface area contributed by atoms with E-state index in [2.05, 4.69) is 11.3 Å². The molecule has 0 aromatic heterocycles. The Kier molecular flexibility index (Phi) is 2.93. The van der Waals surface area contributed by atoms with E-state index in [-0.39, 0.29) is 0 Å². The molecule has 0 aromatic carbocycles. The molecule has 0 aromatic rings. The standard InChI is InChI=1S/C8H17NOS/c1-3-8-4-6-11(10,9-2)7-5-8/h8H,3-7H2,1-2H3/t8-,11+. The van der Waals surface area contributed by atoms with Gasteiger partial charge in [-0.25, -0.2) is 8.57 Å². The van der Waals surface area contributed by atoms with Crippen molar-refractivity contribution in [3.05, 3.63) is 0 Å². The normalized spacial score (nSPS) is 38.5. The molecule has 1 aliphatic rings. The Balaban J connectivity index is 2.55. The SMILES string of the molecule is CC[C@H]1CC[S@](=O)(=NC)CC1. The van der Waals surface area contributed by atoms with Gasteiger partial charge < -0.3 is 0 Å². The zero-order valence-corrected chi connectivity index (χ0v) is 8.19. The van der Waals surface area contributed by atoms with Crippen molar-refractivity contribution >= 4 is 9.73 Å². The van der Waals surface area contributed by atoms with E-state index in [1.165, 1.54) is 6.42 Å². The molecule has 0 amide bonds. The lowest BCUT2D eigenvalue weighted by Crippen LogP contribution is -2.22. The molecule has 0 saturated carbocycles. The van der Waals surface area contributed by atoms with Crippen LogP contribution >= 0.6 is 0 Å². The van der Waals surface area contributed by atoms with Crippen LogP contribution in [0.15, 0.2) is 4.36 Å². The van der Waals surface area contributed by atoms with Crippen molar-refractivity contribution in [2.45, 2.75) is 26.2 Å². The minimum absolute atomic E-state index is 0.811. The third-order valence-electron chi connectivity index (χ3n) is 2.60. The van der Waals surface area contributed by atoms with Crippen molar-refractivity contribution in [3.8, 4) is 0 Å². The van der Waals surface area contributed by atoms with E-state index in [9.17, 15) is 4.21 Å². The first-order valence-electron chi connectivity index (χ1n) is 4.31. The number of hydrogen-bond donors (Lipinski definition) is 0. The Bertz CT molecular complexity index is 214. The van der Waals surface area contributed by atoms with E-state index < -0.39 is 9.73 Å². The first-order valence-corrected chi connectivity index (χ1v) is 6.16. The molecule has 11 heavy (non-hydrogen) atoms. The van der Waals surface area contributed by atoms with Crippen LogP contribution < -0.4 is 0 Å². The fourth-order valence-corrected chi connectivity index (χ4v) is 3.51. The molecule has 0 atom stereocenters. The highest BCUT2D eigenvalue weighted by atomic mass is 32.2. The Morgan fingerprint density at radius 1 is 1.45 bits per heavy atom. The molecule has 1 heterocycles. The van der Waals surface area contributed by atoms with Gasteiger partial charge in [0.2, 0.25) is 0 Å². The predicted molar refractivity (Wildman–Crippen MR) is 49.2 cm³/mol. The summed E-state index contributed by atoms with van der Waals surface area (Å²) in [6, 6.07) is 0. The summed E-state index contributed by atoms with van der Waals surface area (Å²) in [6.45, 7) is 2.21. The topological polar surface area (TPSA) is 29.4 Å². The van der Waals surface area contributed by atoms with Crippen LogP contribution in [0.5, 0.6) is 0 Å². The minimum Gasteiger partial charge on any atom is -0.250 e. The van der Waals surface area contributed by atoms with Crippen molar-refractivity contribution in [1.82, 2.24) is 0 Å². The lowest BCUT2D eigenvalue weighted by molar-refractivity contribution is 0.464. The summed E-state index contributed by atoms with van der Waals surface area (Å²) in [4.78, 5) is 0. The van der Waals surface area contributed by atoms with Crippen LogP contribution in [0.2, 0.25) is 0 Å². The van der Waals surface area contributed by atoms with Gasteiger partial charge in [-0.2, -0.15) is 0 Å².